The highest BCUT2D eigenvalue weighted by molar-refractivity contribution is 7.09. The van der Waals surface area contributed by atoms with E-state index in [1.807, 2.05) is 12.3 Å². The summed E-state index contributed by atoms with van der Waals surface area (Å²) in [4.78, 5) is 16.0. The van der Waals surface area contributed by atoms with E-state index in [4.69, 9.17) is 4.74 Å². The molecule has 4 heteroatoms. The van der Waals surface area contributed by atoms with Gasteiger partial charge in [0, 0.05) is 12.0 Å². The molecule has 1 aromatic rings. The Morgan fingerprint density at radius 2 is 2.50 bits per heavy atom. The highest BCUT2D eigenvalue weighted by atomic mass is 32.1. The van der Waals surface area contributed by atoms with Crippen LogP contribution in [-0.4, -0.2) is 23.5 Å². The Balaban J connectivity index is 2.07. The molecule has 2 rings (SSSR count). The standard InChI is InChI=1S/C10H13NO2S/c1-7-11-8(6-14-7)10(12)9-4-2-3-5-13-9/h6,9H,2-5H2,1H3. The van der Waals surface area contributed by atoms with Crippen molar-refractivity contribution in [1.29, 1.82) is 0 Å². The lowest BCUT2D eigenvalue weighted by molar-refractivity contribution is 0.0183. The molecule has 1 aliphatic heterocycles. The van der Waals surface area contributed by atoms with Crippen LogP contribution in [0.5, 0.6) is 0 Å². The molecule has 14 heavy (non-hydrogen) atoms. The molecule has 1 unspecified atom stereocenters. The topological polar surface area (TPSA) is 39.2 Å². The van der Waals surface area contributed by atoms with Crippen LogP contribution < -0.4 is 0 Å². The van der Waals surface area contributed by atoms with Gasteiger partial charge in [0.15, 0.2) is 0 Å². The molecular weight excluding hydrogens is 198 g/mol. The Hall–Kier alpha value is -0.740. The number of carbonyl (C=O) groups is 1. The van der Waals surface area contributed by atoms with Gasteiger partial charge in [-0.15, -0.1) is 11.3 Å². The van der Waals surface area contributed by atoms with Crippen molar-refractivity contribution in [3.63, 3.8) is 0 Å². The summed E-state index contributed by atoms with van der Waals surface area (Å²) in [5.41, 5.74) is 0.569. The van der Waals surface area contributed by atoms with Crippen LogP contribution in [0.2, 0.25) is 0 Å². The van der Waals surface area contributed by atoms with E-state index in [1.165, 1.54) is 11.3 Å². The molecule has 0 spiro atoms. The maximum Gasteiger partial charge on any atom is 0.210 e. The van der Waals surface area contributed by atoms with E-state index in [-0.39, 0.29) is 11.9 Å². The van der Waals surface area contributed by atoms with Gasteiger partial charge < -0.3 is 4.74 Å². The van der Waals surface area contributed by atoms with Crippen molar-refractivity contribution < 1.29 is 9.53 Å². The lowest BCUT2D eigenvalue weighted by Crippen LogP contribution is -2.28. The number of ketones is 1. The van der Waals surface area contributed by atoms with Crippen molar-refractivity contribution in [3.05, 3.63) is 16.1 Å². The van der Waals surface area contributed by atoms with E-state index < -0.39 is 0 Å². The molecule has 1 aromatic heterocycles. The maximum atomic E-state index is 11.8. The average Bonchev–Trinajstić information content (AvgIpc) is 2.65. The van der Waals surface area contributed by atoms with Crippen LogP contribution in [0.15, 0.2) is 5.38 Å². The number of thiazole rings is 1. The molecule has 0 N–H and O–H groups in total. The summed E-state index contributed by atoms with van der Waals surface area (Å²) in [6.45, 7) is 2.61. The molecule has 0 aliphatic carbocycles. The van der Waals surface area contributed by atoms with Gasteiger partial charge >= 0.3 is 0 Å². The second-order valence-electron chi connectivity index (χ2n) is 3.47. The van der Waals surface area contributed by atoms with Crippen molar-refractivity contribution in [2.24, 2.45) is 0 Å². The molecule has 1 fully saturated rings. The summed E-state index contributed by atoms with van der Waals surface area (Å²) in [5.74, 6) is 0.0500. The molecule has 0 bridgehead atoms. The predicted molar refractivity (Wildman–Crippen MR) is 54.8 cm³/mol. The minimum absolute atomic E-state index is 0.0500. The molecule has 0 amide bonds. The molecule has 1 saturated heterocycles. The Kier molecular flexibility index (Phi) is 2.93. The van der Waals surface area contributed by atoms with Gasteiger partial charge in [-0.3, -0.25) is 4.79 Å². The van der Waals surface area contributed by atoms with Gasteiger partial charge in [-0.05, 0) is 26.2 Å². The third-order valence-electron chi connectivity index (χ3n) is 2.34. The van der Waals surface area contributed by atoms with Crippen molar-refractivity contribution in [2.45, 2.75) is 32.3 Å². The first-order valence-electron chi connectivity index (χ1n) is 4.85. The molecule has 0 saturated carbocycles. The first-order valence-corrected chi connectivity index (χ1v) is 5.73. The first kappa shape index (κ1) is 9.80. The van der Waals surface area contributed by atoms with E-state index in [9.17, 15) is 4.79 Å². The number of Topliss-reactive ketones (excluding diaryl/α,β-unsaturated/α-hetero) is 1. The van der Waals surface area contributed by atoms with Gasteiger partial charge in [0.2, 0.25) is 5.78 Å². The first-order chi connectivity index (χ1) is 6.77. The third-order valence-corrected chi connectivity index (χ3v) is 3.12. The van der Waals surface area contributed by atoms with E-state index in [0.717, 1.165) is 24.3 Å². The fraction of sp³-hybridized carbons (Fsp3) is 0.600. The Labute approximate surface area is 87.1 Å². The van der Waals surface area contributed by atoms with Crippen LogP contribution in [0.3, 0.4) is 0 Å². The zero-order chi connectivity index (χ0) is 9.97. The molecule has 1 aliphatic rings. The number of hydrogen-bond donors (Lipinski definition) is 0. The van der Waals surface area contributed by atoms with Crippen LogP contribution in [-0.2, 0) is 4.74 Å². The average molecular weight is 211 g/mol. The van der Waals surface area contributed by atoms with E-state index in [0.29, 0.717) is 12.3 Å². The van der Waals surface area contributed by atoms with Crippen molar-refractivity contribution in [1.82, 2.24) is 4.98 Å². The summed E-state index contributed by atoms with van der Waals surface area (Å²) < 4.78 is 5.42. The number of aryl methyl sites for hydroxylation is 1. The van der Waals surface area contributed by atoms with Crippen molar-refractivity contribution >= 4 is 17.1 Å². The fourth-order valence-electron chi connectivity index (χ4n) is 1.59. The number of hydrogen-bond acceptors (Lipinski definition) is 4. The van der Waals surface area contributed by atoms with Crippen LogP contribution in [0.4, 0.5) is 0 Å². The summed E-state index contributed by atoms with van der Waals surface area (Å²) in [5, 5.41) is 2.75. The van der Waals surface area contributed by atoms with E-state index >= 15 is 0 Å². The van der Waals surface area contributed by atoms with Crippen LogP contribution in [0.25, 0.3) is 0 Å². The fourth-order valence-corrected chi connectivity index (χ4v) is 2.19. The Morgan fingerprint density at radius 3 is 3.07 bits per heavy atom. The molecule has 0 radical (unpaired) electrons. The smallest absolute Gasteiger partial charge is 0.210 e. The minimum atomic E-state index is -0.245. The van der Waals surface area contributed by atoms with Crippen molar-refractivity contribution in [2.75, 3.05) is 6.61 Å². The summed E-state index contributed by atoms with van der Waals surface area (Å²) in [6, 6.07) is 0. The van der Waals surface area contributed by atoms with Gasteiger partial charge in [0.05, 0.1) is 5.01 Å². The van der Waals surface area contributed by atoms with Gasteiger partial charge in [-0.2, -0.15) is 0 Å². The molecule has 1 atom stereocenters. The lowest BCUT2D eigenvalue weighted by Gasteiger charge is -2.20. The third kappa shape index (κ3) is 2.01. The van der Waals surface area contributed by atoms with Gasteiger partial charge in [-0.1, -0.05) is 0 Å². The van der Waals surface area contributed by atoms with Crippen LogP contribution >= 0.6 is 11.3 Å². The second-order valence-corrected chi connectivity index (χ2v) is 4.53. The zero-order valence-electron chi connectivity index (χ0n) is 8.16. The number of rotatable bonds is 2. The van der Waals surface area contributed by atoms with E-state index in [1.54, 1.807) is 0 Å². The number of carbonyl (C=O) groups excluding carboxylic acids is 1. The number of nitrogens with zero attached hydrogens (tertiary/aromatic N) is 1. The normalized spacial score (nSPS) is 22.2. The van der Waals surface area contributed by atoms with Gasteiger partial charge in [0.25, 0.3) is 0 Å². The van der Waals surface area contributed by atoms with E-state index in [2.05, 4.69) is 4.98 Å². The Morgan fingerprint density at radius 1 is 1.64 bits per heavy atom. The largest absolute Gasteiger partial charge is 0.370 e. The lowest BCUT2D eigenvalue weighted by atomic mass is 10.0. The van der Waals surface area contributed by atoms with Crippen LogP contribution in [0.1, 0.15) is 34.8 Å². The van der Waals surface area contributed by atoms with Gasteiger partial charge in [-0.25, -0.2) is 4.98 Å². The summed E-state index contributed by atoms with van der Waals surface area (Å²) in [6.07, 6.45) is 2.75. The Bertz CT molecular complexity index is 329. The molecule has 0 aromatic carbocycles. The highest BCUT2D eigenvalue weighted by Crippen LogP contribution is 2.18. The number of aromatic nitrogens is 1. The van der Waals surface area contributed by atoms with Crippen LogP contribution in [0, 0.1) is 6.92 Å². The number of ether oxygens (including phenoxy) is 1. The van der Waals surface area contributed by atoms with Crippen molar-refractivity contribution in [3.8, 4) is 0 Å². The van der Waals surface area contributed by atoms with Gasteiger partial charge in [0.1, 0.15) is 11.8 Å². The SMILES string of the molecule is Cc1nc(C(=O)C2CCCCO2)cs1. The quantitative estimate of drug-likeness (QED) is 0.704. The maximum absolute atomic E-state index is 11.8. The predicted octanol–water partition coefficient (Wildman–Crippen LogP) is 2.20. The molecular formula is C10H13NO2S. The molecule has 3 nitrogen and oxygen atoms in total. The summed E-state index contributed by atoms with van der Waals surface area (Å²) >= 11 is 1.51. The molecule has 76 valence electrons. The zero-order valence-corrected chi connectivity index (χ0v) is 8.97. The highest BCUT2D eigenvalue weighted by Gasteiger charge is 2.24. The summed E-state index contributed by atoms with van der Waals surface area (Å²) in [7, 11) is 0. The monoisotopic (exact) mass is 211 g/mol. The minimum Gasteiger partial charge on any atom is -0.370 e. The molecule has 2 heterocycles. The second kappa shape index (κ2) is 4.19.